The van der Waals surface area contributed by atoms with E-state index in [2.05, 4.69) is 9.64 Å². The van der Waals surface area contributed by atoms with Crippen LogP contribution in [0.25, 0.3) is 0 Å². The van der Waals surface area contributed by atoms with E-state index in [9.17, 15) is 41.0 Å². The lowest BCUT2D eigenvalue weighted by Gasteiger charge is -2.45. The minimum atomic E-state index is -5.49. The van der Waals surface area contributed by atoms with Gasteiger partial charge >= 0.3 is 12.5 Å². The van der Waals surface area contributed by atoms with Crippen LogP contribution in [0.3, 0.4) is 0 Å². The molecule has 2 aromatic rings. The summed E-state index contributed by atoms with van der Waals surface area (Å²) >= 11 is 6.34. The number of piperidine rings is 1. The molecule has 0 aromatic heterocycles. The molecule has 2 amide bonds. The molecule has 230 valence electrons. The van der Waals surface area contributed by atoms with Crippen LogP contribution in [0.15, 0.2) is 42.5 Å². The Kier molecular flexibility index (Phi) is 8.94. The van der Waals surface area contributed by atoms with Crippen molar-refractivity contribution >= 4 is 29.1 Å². The number of anilines is 1. The van der Waals surface area contributed by atoms with E-state index in [1.165, 1.54) is 4.90 Å². The highest BCUT2D eigenvalue weighted by molar-refractivity contribution is 6.34. The number of hydrogen-bond donors (Lipinski definition) is 1. The Labute approximate surface area is 243 Å². The van der Waals surface area contributed by atoms with Gasteiger partial charge in [0.15, 0.2) is 0 Å². The molecule has 0 aliphatic carbocycles. The summed E-state index contributed by atoms with van der Waals surface area (Å²) in [6.45, 7) is 1.41. The van der Waals surface area contributed by atoms with Crippen LogP contribution in [0.5, 0.6) is 5.75 Å². The molecule has 7 nitrogen and oxygen atoms in total. The number of benzene rings is 2. The standard InChI is InChI=1S/C28H30ClF6N3O4/c1-36(2)24(39)22-7-6-20(14-23(22)29)37-10-8-17(9-11-37)12-18-15-38(16-18)25(40)26(41,27(30,31)32)19-4-3-5-21(13-19)42-28(33,34)35/h3-7,13-14,17-18,41H,8-12,15-16H2,1-2H3. The first-order valence-corrected chi connectivity index (χ1v) is 13.6. The summed E-state index contributed by atoms with van der Waals surface area (Å²) in [6, 6.07) is 8.00. The van der Waals surface area contributed by atoms with E-state index in [4.69, 9.17) is 11.6 Å². The number of likely N-dealkylation sites (tertiary alicyclic amines) is 1. The lowest BCUT2D eigenvalue weighted by molar-refractivity contribution is -0.275. The molecule has 2 heterocycles. The molecular weight excluding hydrogens is 592 g/mol. The van der Waals surface area contributed by atoms with Crippen molar-refractivity contribution in [3.63, 3.8) is 0 Å². The number of hydrogen-bond acceptors (Lipinski definition) is 5. The molecule has 1 atom stereocenters. The average molecular weight is 622 g/mol. The Morgan fingerprint density at radius 1 is 1.00 bits per heavy atom. The molecular formula is C28H30ClF6N3O4. The smallest absolute Gasteiger partial charge is 0.406 e. The Morgan fingerprint density at radius 2 is 1.64 bits per heavy atom. The van der Waals surface area contributed by atoms with Crippen molar-refractivity contribution in [1.29, 1.82) is 0 Å². The van der Waals surface area contributed by atoms with Crippen LogP contribution >= 0.6 is 11.6 Å². The Hall–Kier alpha value is -3.19. The molecule has 2 aliphatic heterocycles. The van der Waals surface area contributed by atoms with Gasteiger partial charge in [0.2, 0.25) is 0 Å². The molecule has 1 N–H and O–H groups in total. The van der Waals surface area contributed by atoms with E-state index in [0.717, 1.165) is 41.6 Å². The van der Waals surface area contributed by atoms with E-state index < -0.39 is 35.4 Å². The zero-order valence-electron chi connectivity index (χ0n) is 22.8. The quantitative estimate of drug-likeness (QED) is 0.416. The summed E-state index contributed by atoms with van der Waals surface area (Å²) in [5.41, 5.74) is -3.80. The van der Waals surface area contributed by atoms with Crippen LogP contribution in [-0.4, -0.2) is 79.5 Å². The first-order valence-electron chi connectivity index (χ1n) is 13.2. The molecule has 14 heteroatoms. The van der Waals surface area contributed by atoms with Gasteiger partial charge in [-0.15, -0.1) is 13.2 Å². The molecule has 1 unspecified atom stereocenters. The molecule has 2 saturated heterocycles. The molecule has 2 aliphatic rings. The van der Waals surface area contributed by atoms with Gasteiger partial charge in [-0.25, -0.2) is 0 Å². The van der Waals surface area contributed by atoms with E-state index >= 15 is 0 Å². The minimum Gasteiger partial charge on any atom is -0.406 e. The summed E-state index contributed by atoms with van der Waals surface area (Å²) < 4.78 is 83.4. The maximum atomic E-state index is 14.0. The van der Waals surface area contributed by atoms with Crippen molar-refractivity contribution in [2.75, 3.05) is 45.2 Å². The van der Waals surface area contributed by atoms with E-state index in [0.29, 0.717) is 36.2 Å². The van der Waals surface area contributed by atoms with Gasteiger partial charge in [-0.3, -0.25) is 9.59 Å². The van der Waals surface area contributed by atoms with Crippen LogP contribution in [-0.2, 0) is 10.4 Å². The number of carbonyl (C=O) groups is 2. The highest BCUT2D eigenvalue weighted by Gasteiger charge is 2.63. The van der Waals surface area contributed by atoms with Crippen molar-refractivity contribution in [3.8, 4) is 5.75 Å². The molecule has 4 rings (SSSR count). The third-order valence-corrected chi connectivity index (χ3v) is 8.00. The van der Waals surface area contributed by atoms with Gasteiger partial charge in [-0.1, -0.05) is 23.7 Å². The Bertz CT molecular complexity index is 1310. The minimum absolute atomic E-state index is 0.00679. The van der Waals surface area contributed by atoms with E-state index in [1.54, 1.807) is 26.2 Å². The highest BCUT2D eigenvalue weighted by atomic mass is 35.5. The zero-order chi connectivity index (χ0) is 31.0. The SMILES string of the molecule is CN(C)C(=O)c1ccc(N2CCC(CC3CN(C(=O)C(O)(c4cccc(OC(F)(F)F)c4)C(F)(F)F)C3)CC2)cc1Cl. The van der Waals surface area contributed by atoms with Gasteiger partial charge in [0, 0.05) is 51.5 Å². The van der Waals surface area contributed by atoms with Crippen LogP contribution in [0.4, 0.5) is 32.0 Å². The summed E-state index contributed by atoms with van der Waals surface area (Å²) in [7, 11) is 3.28. The van der Waals surface area contributed by atoms with Gasteiger partial charge < -0.3 is 24.5 Å². The Morgan fingerprint density at radius 3 is 2.19 bits per heavy atom. The van der Waals surface area contributed by atoms with Crippen molar-refractivity contribution in [1.82, 2.24) is 9.80 Å². The number of amides is 2. The topological polar surface area (TPSA) is 73.3 Å². The fraction of sp³-hybridized carbons (Fsp3) is 0.500. The van der Waals surface area contributed by atoms with Gasteiger partial charge in [-0.05, 0) is 61.4 Å². The third-order valence-electron chi connectivity index (χ3n) is 7.69. The number of alkyl halides is 6. The molecule has 0 radical (unpaired) electrons. The van der Waals surface area contributed by atoms with Gasteiger partial charge in [0.25, 0.3) is 17.4 Å². The fourth-order valence-electron chi connectivity index (χ4n) is 5.45. The summed E-state index contributed by atoms with van der Waals surface area (Å²) in [6.07, 6.45) is -8.37. The van der Waals surface area contributed by atoms with Gasteiger partial charge in [0.1, 0.15) is 5.75 Å². The van der Waals surface area contributed by atoms with E-state index in [-0.39, 0.29) is 30.8 Å². The summed E-state index contributed by atoms with van der Waals surface area (Å²) in [5.74, 6) is -2.63. The first-order chi connectivity index (χ1) is 19.5. The number of aliphatic hydroxyl groups is 1. The molecule has 42 heavy (non-hydrogen) atoms. The molecule has 0 bridgehead atoms. The third kappa shape index (κ3) is 6.72. The number of nitrogens with zero attached hydrogens (tertiary/aromatic N) is 3. The maximum Gasteiger partial charge on any atom is 0.573 e. The first kappa shape index (κ1) is 31.7. The predicted octanol–water partition coefficient (Wildman–Crippen LogP) is 5.46. The second-order valence-electron chi connectivity index (χ2n) is 10.9. The Balaban J connectivity index is 1.33. The molecule has 2 fully saturated rings. The number of carbonyl (C=O) groups excluding carboxylic acids is 2. The van der Waals surface area contributed by atoms with Gasteiger partial charge in [-0.2, -0.15) is 13.2 Å². The lowest BCUT2D eigenvalue weighted by Crippen LogP contribution is -2.61. The molecule has 0 saturated carbocycles. The number of rotatable bonds is 7. The maximum absolute atomic E-state index is 14.0. The predicted molar refractivity (Wildman–Crippen MR) is 142 cm³/mol. The van der Waals surface area contributed by atoms with Crippen LogP contribution in [0, 0.1) is 11.8 Å². The van der Waals surface area contributed by atoms with Crippen molar-refractivity contribution in [3.05, 3.63) is 58.6 Å². The number of ether oxygens (including phenoxy) is 1. The highest BCUT2D eigenvalue weighted by Crippen LogP contribution is 2.43. The fourth-order valence-corrected chi connectivity index (χ4v) is 5.71. The monoisotopic (exact) mass is 621 g/mol. The largest absolute Gasteiger partial charge is 0.573 e. The van der Waals surface area contributed by atoms with Gasteiger partial charge in [0.05, 0.1) is 10.6 Å². The number of halogens is 7. The summed E-state index contributed by atoms with van der Waals surface area (Å²) in [5, 5.41) is 10.9. The second-order valence-corrected chi connectivity index (χ2v) is 11.3. The van der Waals surface area contributed by atoms with Crippen LogP contribution < -0.4 is 9.64 Å². The zero-order valence-corrected chi connectivity index (χ0v) is 23.6. The molecule has 2 aromatic carbocycles. The molecule has 0 spiro atoms. The average Bonchev–Trinajstić information content (AvgIpc) is 2.88. The van der Waals surface area contributed by atoms with Crippen LogP contribution in [0.2, 0.25) is 5.02 Å². The summed E-state index contributed by atoms with van der Waals surface area (Å²) in [4.78, 5) is 29.6. The lowest BCUT2D eigenvalue weighted by atomic mass is 9.82. The van der Waals surface area contributed by atoms with Crippen molar-refractivity contribution < 1.29 is 45.8 Å². The van der Waals surface area contributed by atoms with Crippen LogP contribution in [0.1, 0.15) is 35.2 Å². The van der Waals surface area contributed by atoms with Crippen molar-refractivity contribution in [2.24, 2.45) is 11.8 Å². The van der Waals surface area contributed by atoms with E-state index in [1.807, 2.05) is 6.07 Å². The second kappa shape index (κ2) is 11.8. The van der Waals surface area contributed by atoms with Crippen molar-refractivity contribution in [2.45, 2.75) is 37.4 Å². The normalized spacial score (nSPS) is 18.3.